The van der Waals surface area contributed by atoms with Crippen molar-refractivity contribution >= 4 is 19.8 Å². The molecule has 1 aromatic heterocycles. The van der Waals surface area contributed by atoms with Crippen molar-refractivity contribution in [2.75, 3.05) is 0 Å². The van der Waals surface area contributed by atoms with Crippen LogP contribution in [-0.4, -0.2) is 0 Å². The lowest BCUT2D eigenvalue weighted by atomic mass is 9.74. The lowest BCUT2D eigenvalue weighted by Crippen LogP contribution is -2.34. The molecule has 1 aliphatic carbocycles. The van der Waals surface area contributed by atoms with E-state index in [1.54, 1.807) is 11.3 Å². The van der Waals surface area contributed by atoms with Gasteiger partial charge in [0.25, 0.3) is 0 Å². The molecule has 0 aromatic carbocycles. The second kappa shape index (κ2) is 3.94. The van der Waals surface area contributed by atoms with Gasteiger partial charge in [0.05, 0.1) is 0 Å². The average Bonchev–Trinajstić information content (AvgIpc) is 2.65. The van der Waals surface area contributed by atoms with Crippen molar-refractivity contribution in [2.45, 2.75) is 25.9 Å². The summed E-state index contributed by atoms with van der Waals surface area (Å²) in [4.78, 5) is 1.17. The molecule has 1 aromatic rings. The highest BCUT2D eigenvalue weighted by molar-refractivity contribution is 7.27. The van der Waals surface area contributed by atoms with Crippen LogP contribution in [0.2, 0.25) is 0 Å². The third-order valence-corrected chi connectivity index (χ3v) is 5.78. The second-order valence-corrected chi connectivity index (χ2v) is 6.59. The van der Waals surface area contributed by atoms with Gasteiger partial charge in [0.1, 0.15) is 5.16 Å². The van der Waals surface area contributed by atoms with Gasteiger partial charge in [-0.1, -0.05) is 38.2 Å². The van der Waals surface area contributed by atoms with Crippen LogP contribution < -0.4 is 0 Å². The van der Waals surface area contributed by atoms with Crippen molar-refractivity contribution in [1.82, 2.24) is 0 Å². The molecule has 16 heavy (non-hydrogen) atoms. The van der Waals surface area contributed by atoms with Gasteiger partial charge in [-0.3, -0.25) is 4.57 Å². The predicted octanol–water partition coefficient (Wildman–Crippen LogP) is 4.70. The molecule has 0 amide bonds. The zero-order valence-corrected chi connectivity index (χ0v) is 11.4. The van der Waals surface area contributed by atoms with Crippen molar-refractivity contribution in [3.63, 3.8) is 0 Å². The standard InChI is InChI=1S/C13H15OPS/c1-10-8-11(16-9-10)13(15-14)7-5-4-6-12(13,2)3/h4-9H,1-3H3. The summed E-state index contributed by atoms with van der Waals surface area (Å²) in [6.45, 7) is 6.34. The molecule has 0 radical (unpaired) electrons. The van der Waals surface area contributed by atoms with Crippen molar-refractivity contribution in [3.8, 4) is 0 Å². The number of hydrogen-bond donors (Lipinski definition) is 0. The molecular formula is C13H15OPS. The minimum Gasteiger partial charge on any atom is -0.274 e. The van der Waals surface area contributed by atoms with Crippen LogP contribution in [0.25, 0.3) is 0 Å². The number of thiophene rings is 1. The Hall–Kier alpha value is -0.720. The number of aryl methyl sites for hydroxylation is 1. The van der Waals surface area contributed by atoms with Gasteiger partial charge < -0.3 is 0 Å². The molecule has 1 heterocycles. The van der Waals surface area contributed by atoms with Gasteiger partial charge in [0, 0.05) is 10.3 Å². The number of hydrogen-bond acceptors (Lipinski definition) is 2. The molecule has 3 heteroatoms. The average molecular weight is 250 g/mol. The number of rotatable bonds is 2. The summed E-state index contributed by atoms with van der Waals surface area (Å²) in [5.41, 5.74) is 1.12. The predicted molar refractivity (Wildman–Crippen MR) is 70.4 cm³/mol. The Balaban J connectivity index is 2.59. The minimum absolute atomic E-state index is 0.123. The quantitative estimate of drug-likeness (QED) is 0.695. The summed E-state index contributed by atoms with van der Waals surface area (Å²) in [6, 6.07) is 2.14. The fraction of sp³-hybridized carbons (Fsp3) is 0.385. The lowest BCUT2D eigenvalue weighted by Gasteiger charge is -2.38. The van der Waals surface area contributed by atoms with E-state index in [4.69, 9.17) is 0 Å². The van der Waals surface area contributed by atoms with Crippen LogP contribution in [0.4, 0.5) is 0 Å². The normalized spacial score (nSPS) is 27.4. The first-order valence-electron chi connectivity index (χ1n) is 5.29. The van der Waals surface area contributed by atoms with Crippen LogP contribution >= 0.6 is 19.8 Å². The van der Waals surface area contributed by atoms with Crippen molar-refractivity contribution in [1.29, 1.82) is 0 Å². The van der Waals surface area contributed by atoms with Gasteiger partial charge >= 0.3 is 0 Å². The highest BCUT2D eigenvalue weighted by Gasteiger charge is 2.46. The maximum Gasteiger partial charge on any atom is 0.172 e. The fourth-order valence-corrected chi connectivity index (χ4v) is 4.08. The highest BCUT2D eigenvalue weighted by Crippen LogP contribution is 2.54. The number of allylic oxidation sites excluding steroid dienone is 4. The van der Waals surface area contributed by atoms with Crippen molar-refractivity contribution in [2.24, 2.45) is 5.41 Å². The molecule has 1 atom stereocenters. The SMILES string of the molecule is Cc1csc(C2(P=O)C=CC=CC2(C)C)c1. The van der Waals surface area contributed by atoms with Gasteiger partial charge in [0.15, 0.2) is 8.46 Å². The van der Waals surface area contributed by atoms with E-state index < -0.39 is 5.16 Å². The molecular weight excluding hydrogens is 235 g/mol. The maximum absolute atomic E-state index is 11.7. The Morgan fingerprint density at radius 3 is 2.44 bits per heavy atom. The largest absolute Gasteiger partial charge is 0.274 e. The highest BCUT2D eigenvalue weighted by atomic mass is 32.1. The van der Waals surface area contributed by atoms with Gasteiger partial charge in [0.2, 0.25) is 0 Å². The Bertz CT molecular complexity index is 470. The monoisotopic (exact) mass is 250 g/mol. The molecule has 0 bridgehead atoms. The first-order chi connectivity index (χ1) is 7.52. The Morgan fingerprint density at radius 1 is 1.25 bits per heavy atom. The van der Waals surface area contributed by atoms with E-state index in [0.717, 1.165) is 0 Å². The molecule has 84 valence electrons. The maximum atomic E-state index is 11.7. The molecule has 0 saturated carbocycles. The molecule has 0 aliphatic heterocycles. The van der Waals surface area contributed by atoms with Crippen LogP contribution in [0, 0.1) is 12.3 Å². The molecule has 1 aliphatic rings. The van der Waals surface area contributed by atoms with E-state index in [1.165, 1.54) is 10.4 Å². The summed E-state index contributed by atoms with van der Waals surface area (Å²) in [7, 11) is 0.165. The van der Waals surface area contributed by atoms with Gasteiger partial charge in [-0.25, -0.2) is 0 Å². The summed E-state index contributed by atoms with van der Waals surface area (Å²) in [6.07, 6.45) is 8.22. The van der Waals surface area contributed by atoms with Crippen molar-refractivity contribution < 1.29 is 4.57 Å². The third kappa shape index (κ3) is 1.61. The van der Waals surface area contributed by atoms with E-state index in [0.29, 0.717) is 0 Å². The van der Waals surface area contributed by atoms with Crippen LogP contribution in [0.1, 0.15) is 24.3 Å². The molecule has 0 fully saturated rings. The van der Waals surface area contributed by atoms with Crippen LogP contribution in [-0.2, 0) is 9.72 Å². The van der Waals surface area contributed by atoms with Gasteiger partial charge in [-0.2, -0.15) is 0 Å². The lowest BCUT2D eigenvalue weighted by molar-refractivity contribution is 0.377. The molecule has 0 saturated heterocycles. The first kappa shape index (κ1) is 11.8. The van der Waals surface area contributed by atoms with E-state index in [1.807, 2.05) is 12.2 Å². The molecule has 0 N–H and O–H groups in total. The summed E-state index contributed by atoms with van der Waals surface area (Å²) >= 11 is 1.69. The smallest absolute Gasteiger partial charge is 0.172 e. The second-order valence-electron chi connectivity index (χ2n) is 4.79. The third-order valence-electron chi connectivity index (χ3n) is 3.19. The molecule has 1 nitrogen and oxygen atoms in total. The molecule has 2 rings (SSSR count). The van der Waals surface area contributed by atoms with Crippen molar-refractivity contribution in [3.05, 3.63) is 46.2 Å². The molecule has 1 unspecified atom stereocenters. The Kier molecular flexibility index (Phi) is 2.90. The van der Waals surface area contributed by atoms with Gasteiger partial charge in [-0.05, 0) is 23.9 Å². The Morgan fingerprint density at radius 2 is 1.94 bits per heavy atom. The fourth-order valence-electron chi connectivity index (χ4n) is 2.06. The summed E-state index contributed by atoms with van der Waals surface area (Å²) in [5, 5.41) is 1.71. The zero-order valence-electron chi connectivity index (χ0n) is 9.73. The first-order valence-corrected chi connectivity index (χ1v) is 6.98. The molecule has 0 spiro atoms. The van der Waals surface area contributed by atoms with E-state index >= 15 is 0 Å². The van der Waals surface area contributed by atoms with E-state index in [2.05, 4.69) is 44.4 Å². The minimum atomic E-state index is -0.402. The van der Waals surface area contributed by atoms with Gasteiger partial charge in [-0.15, -0.1) is 11.3 Å². The zero-order chi connectivity index (χ0) is 11.8. The van der Waals surface area contributed by atoms with E-state index in [-0.39, 0.29) is 13.9 Å². The van der Waals surface area contributed by atoms with Crippen LogP contribution in [0.3, 0.4) is 0 Å². The Labute approximate surface area is 102 Å². The van der Waals surface area contributed by atoms with Crippen LogP contribution in [0.15, 0.2) is 35.8 Å². The van der Waals surface area contributed by atoms with Crippen LogP contribution in [0.5, 0.6) is 0 Å². The summed E-state index contributed by atoms with van der Waals surface area (Å²) in [5.74, 6) is 0. The summed E-state index contributed by atoms with van der Waals surface area (Å²) < 4.78 is 11.7. The topological polar surface area (TPSA) is 17.1 Å². The van der Waals surface area contributed by atoms with E-state index in [9.17, 15) is 4.57 Å².